The van der Waals surface area contributed by atoms with Crippen LogP contribution >= 0.6 is 12.2 Å². The first kappa shape index (κ1) is 18.9. The molecule has 3 rings (SSSR count). The zero-order valence-electron chi connectivity index (χ0n) is 14.3. The van der Waals surface area contributed by atoms with Gasteiger partial charge in [-0.3, -0.25) is 4.79 Å². The van der Waals surface area contributed by atoms with E-state index in [1.54, 1.807) is 18.0 Å². The van der Waals surface area contributed by atoms with Gasteiger partial charge in [0.15, 0.2) is 5.11 Å². The molecule has 0 aliphatic heterocycles. The zero-order valence-corrected chi connectivity index (χ0v) is 15.1. The van der Waals surface area contributed by atoms with Gasteiger partial charge in [0.05, 0.1) is 11.3 Å². The highest BCUT2D eigenvalue weighted by molar-refractivity contribution is 7.80. The number of aromatic amines is 1. The molecule has 0 unspecified atom stereocenters. The molecule has 4 nitrogen and oxygen atoms in total. The van der Waals surface area contributed by atoms with Crippen LogP contribution < -0.4 is 10.9 Å². The lowest BCUT2D eigenvalue weighted by molar-refractivity contribution is -0.136. The van der Waals surface area contributed by atoms with Gasteiger partial charge in [0.1, 0.15) is 0 Å². The van der Waals surface area contributed by atoms with E-state index in [1.165, 1.54) is 24.3 Å². The van der Waals surface area contributed by atoms with E-state index in [2.05, 4.69) is 10.3 Å². The molecule has 3 aromatic rings. The lowest BCUT2D eigenvalue weighted by Gasteiger charge is -2.23. The Morgan fingerprint density at radius 1 is 1.15 bits per heavy atom. The van der Waals surface area contributed by atoms with Crippen LogP contribution in [0.15, 0.2) is 59.4 Å². The third-order valence-corrected chi connectivity index (χ3v) is 4.48. The Hall–Kier alpha value is -2.87. The minimum Gasteiger partial charge on any atom is -0.348 e. The Bertz CT molecular complexity index is 1050. The lowest BCUT2D eigenvalue weighted by atomic mass is 10.1. The average molecular weight is 391 g/mol. The number of fused-ring (bicyclic) bond motifs is 1. The van der Waals surface area contributed by atoms with E-state index in [4.69, 9.17) is 12.2 Å². The van der Waals surface area contributed by atoms with Crippen molar-refractivity contribution >= 4 is 33.9 Å². The maximum absolute atomic E-state index is 13.1. The van der Waals surface area contributed by atoms with Crippen LogP contribution in [-0.2, 0) is 12.7 Å². The first-order chi connectivity index (χ1) is 12.8. The van der Waals surface area contributed by atoms with Gasteiger partial charge in [-0.15, -0.1) is 0 Å². The largest absolute Gasteiger partial charge is 0.418 e. The second-order valence-electron chi connectivity index (χ2n) is 6.03. The van der Waals surface area contributed by atoms with Crippen molar-refractivity contribution in [2.24, 2.45) is 0 Å². The highest BCUT2D eigenvalue weighted by Gasteiger charge is 2.33. The number of anilines is 1. The molecule has 2 aromatic carbocycles. The summed E-state index contributed by atoms with van der Waals surface area (Å²) in [7, 11) is 1.65. The van der Waals surface area contributed by atoms with Crippen LogP contribution in [0.3, 0.4) is 0 Å². The summed E-state index contributed by atoms with van der Waals surface area (Å²) in [4.78, 5) is 16.2. The number of nitrogens with zero attached hydrogens (tertiary/aromatic N) is 1. The van der Waals surface area contributed by atoms with Crippen LogP contribution in [-0.4, -0.2) is 22.0 Å². The van der Waals surface area contributed by atoms with Crippen LogP contribution in [0.1, 0.15) is 11.1 Å². The van der Waals surface area contributed by atoms with Gasteiger partial charge < -0.3 is 15.2 Å². The van der Waals surface area contributed by atoms with E-state index in [9.17, 15) is 18.0 Å². The molecule has 0 atom stereocenters. The van der Waals surface area contributed by atoms with Gasteiger partial charge in [-0.25, -0.2) is 0 Å². The average Bonchev–Trinajstić information content (AvgIpc) is 2.61. The molecule has 27 heavy (non-hydrogen) atoms. The van der Waals surface area contributed by atoms with Crippen molar-refractivity contribution in [1.82, 2.24) is 9.88 Å². The zero-order chi connectivity index (χ0) is 19.6. The van der Waals surface area contributed by atoms with Gasteiger partial charge in [0.25, 0.3) is 0 Å². The highest BCUT2D eigenvalue weighted by atomic mass is 32.1. The highest BCUT2D eigenvalue weighted by Crippen LogP contribution is 2.34. The summed E-state index contributed by atoms with van der Waals surface area (Å²) >= 11 is 5.26. The Balaban J connectivity index is 1.83. The van der Waals surface area contributed by atoms with Crippen LogP contribution in [0.5, 0.6) is 0 Å². The fraction of sp³-hybridized carbons (Fsp3) is 0.158. The van der Waals surface area contributed by atoms with Crippen molar-refractivity contribution < 1.29 is 13.2 Å². The summed E-state index contributed by atoms with van der Waals surface area (Å²) in [5.74, 6) is 0. The second-order valence-corrected chi connectivity index (χ2v) is 6.42. The molecule has 140 valence electrons. The molecule has 2 N–H and O–H groups in total. The smallest absolute Gasteiger partial charge is 0.348 e. The number of rotatable bonds is 3. The molecule has 8 heteroatoms. The SMILES string of the molecule is CN(Cc1cc(=O)[nH]c2ccccc12)C(=S)Nc1ccccc1C(F)(F)F. The summed E-state index contributed by atoms with van der Waals surface area (Å²) in [6.45, 7) is 0.268. The Labute approximate surface area is 158 Å². The van der Waals surface area contributed by atoms with Gasteiger partial charge in [-0.05, 0) is 36.0 Å². The molecule has 0 radical (unpaired) electrons. The molecule has 0 aliphatic rings. The predicted molar refractivity (Wildman–Crippen MR) is 104 cm³/mol. The third kappa shape index (κ3) is 4.28. The number of thiocarbonyl (C=S) groups is 1. The van der Waals surface area contributed by atoms with Gasteiger partial charge in [-0.1, -0.05) is 30.3 Å². The van der Waals surface area contributed by atoms with Gasteiger partial charge in [-0.2, -0.15) is 13.2 Å². The summed E-state index contributed by atoms with van der Waals surface area (Å²) in [5.41, 5.74) is 0.262. The normalized spacial score (nSPS) is 11.4. The molecular formula is C19H16F3N3OS. The van der Waals surface area contributed by atoms with Crippen molar-refractivity contribution in [3.63, 3.8) is 0 Å². The minimum absolute atomic E-state index is 0.113. The number of pyridine rings is 1. The number of benzene rings is 2. The number of nitrogens with one attached hydrogen (secondary N) is 2. The number of H-pyrrole nitrogens is 1. The molecule has 0 spiro atoms. The van der Waals surface area contributed by atoms with E-state index in [-0.39, 0.29) is 22.9 Å². The van der Waals surface area contributed by atoms with Crippen LogP contribution in [0.25, 0.3) is 10.9 Å². The van der Waals surface area contributed by atoms with Gasteiger partial charge in [0, 0.05) is 30.6 Å². The van der Waals surface area contributed by atoms with Gasteiger partial charge >= 0.3 is 6.18 Å². The number of aromatic nitrogens is 1. The fourth-order valence-corrected chi connectivity index (χ4v) is 2.96. The molecule has 0 aliphatic carbocycles. The maximum Gasteiger partial charge on any atom is 0.418 e. The minimum atomic E-state index is -4.49. The number of hydrogen-bond acceptors (Lipinski definition) is 2. The summed E-state index contributed by atoms with van der Waals surface area (Å²) in [6, 6.07) is 13.9. The summed E-state index contributed by atoms with van der Waals surface area (Å²) < 4.78 is 39.4. The number of hydrogen-bond donors (Lipinski definition) is 2. The molecule has 0 fully saturated rings. The van der Waals surface area contributed by atoms with E-state index >= 15 is 0 Å². The van der Waals surface area contributed by atoms with E-state index in [0.29, 0.717) is 5.52 Å². The number of halogens is 3. The first-order valence-electron chi connectivity index (χ1n) is 8.05. The molecule has 0 amide bonds. The molecule has 1 heterocycles. The predicted octanol–water partition coefficient (Wildman–Crippen LogP) is 4.38. The van der Waals surface area contributed by atoms with Crippen molar-refractivity contribution in [3.8, 4) is 0 Å². The van der Waals surface area contributed by atoms with Crippen molar-refractivity contribution in [3.05, 3.63) is 76.1 Å². The van der Waals surface area contributed by atoms with E-state index in [0.717, 1.165) is 17.0 Å². The second kappa shape index (κ2) is 7.40. The van der Waals surface area contributed by atoms with E-state index in [1.807, 2.05) is 18.2 Å². The molecule has 0 bridgehead atoms. The van der Waals surface area contributed by atoms with Crippen molar-refractivity contribution in [2.45, 2.75) is 12.7 Å². The first-order valence-corrected chi connectivity index (χ1v) is 8.46. The van der Waals surface area contributed by atoms with Crippen molar-refractivity contribution in [1.29, 1.82) is 0 Å². The van der Waals surface area contributed by atoms with Crippen molar-refractivity contribution in [2.75, 3.05) is 12.4 Å². The Kier molecular flexibility index (Phi) is 5.18. The number of para-hydroxylation sites is 2. The van der Waals surface area contributed by atoms with Crippen LogP contribution in [0.2, 0.25) is 0 Å². The fourth-order valence-electron chi connectivity index (χ4n) is 2.79. The summed E-state index contributed by atoms with van der Waals surface area (Å²) in [6.07, 6.45) is -4.49. The Morgan fingerprint density at radius 2 is 1.81 bits per heavy atom. The standard InChI is InChI=1S/C19H16F3N3OS/c1-25(11-12-10-17(26)23-15-8-4-2-6-13(12)15)18(27)24-16-9-5-3-7-14(16)19(20,21)22/h2-10H,11H2,1H3,(H,23,26)(H,24,27). The quantitative estimate of drug-likeness (QED) is 0.651. The molecule has 1 aromatic heterocycles. The molecular weight excluding hydrogens is 375 g/mol. The lowest BCUT2D eigenvalue weighted by Crippen LogP contribution is -2.31. The number of alkyl halides is 3. The topological polar surface area (TPSA) is 48.1 Å². The monoisotopic (exact) mass is 391 g/mol. The van der Waals surface area contributed by atoms with Gasteiger partial charge in [0.2, 0.25) is 5.56 Å². The van der Waals surface area contributed by atoms with Crippen LogP contribution in [0.4, 0.5) is 18.9 Å². The van der Waals surface area contributed by atoms with E-state index < -0.39 is 11.7 Å². The third-order valence-electron chi connectivity index (χ3n) is 4.06. The molecule has 0 saturated heterocycles. The molecule has 0 saturated carbocycles. The Morgan fingerprint density at radius 3 is 2.56 bits per heavy atom. The summed E-state index contributed by atoms with van der Waals surface area (Å²) in [5, 5.41) is 3.62. The van der Waals surface area contributed by atoms with Crippen LogP contribution in [0, 0.1) is 0 Å². The maximum atomic E-state index is 13.1.